The highest BCUT2D eigenvalue weighted by Gasteiger charge is 2.43. The fourth-order valence-corrected chi connectivity index (χ4v) is 5.41. The number of thioether (sulfide) groups is 1. The minimum absolute atomic E-state index is 0.0833. The lowest BCUT2D eigenvalue weighted by Gasteiger charge is -2.27. The van der Waals surface area contributed by atoms with Gasteiger partial charge in [0, 0.05) is 22.8 Å². The molecule has 0 unspecified atom stereocenters. The summed E-state index contributed by atoms with van der Waals surface area (Å²) >= 11 is 7.16. The van der Waals surface area contributed by atoms with Crippen molar-refractivity contribution in [3.8, 4) is 0 Å². The molecule has 2 aliphatic heterocycles. The number of fused-ring (bicyclic) bond motifs is 3. The molecule has 198 valence electrons. The third-order valence-electron chi connectivity index (χ3n) is 6.28. The Balaban J connectivity index is 1.33. The molecule has 0 saturated heterocycles. The standard InChI is InChI=1S/C29H26ClN5O3S/c1-2-24(27(37)32-20-14-12-19(30)13-15-20)39-29-34-22-11-7-6-10-21(22)26-33-23(28(38)35(26)29)16-25(36)31-17-18-8-4-3-5-9-18/h3-15,23-24H,2,16-17H2,1H3,(H,31,36)(H,32,37)/t23-,24+/m0/s1. The summed E-state index contributed by atoms with van der Waals surface area (Å²) in [6, 6.07) is 23.0. The van der Waals surface area contributed by atoms with Crippen LogP contribution in [0.3, 0.4) is 0 Å². The zero-order valence-electron chi connectivity index (χ0n) is 21.1. The van der Waals surface area contributed by atoms with Crippen LogP contribution in [-0.4, -0.2) is 44.9 Å². The zero-order valence-corrected chi connectivity index (χ0v) is 22.7. The average molecular weight is 560 g/mol. The van der Waals surface area contributed by atoms with Crippen molar-refractivity contribution in [3.63, 3.8) is 0 Å². The maximum atomic E-state index is 13.6. The quantitative estimate of drug-likeness (QED) is 0.398. The zero-order chi connectivity index (χ0) is 27.4. The number of anilines is 1. The number of amidine groups is 2. The monoisotopic (exact) mass is 559 g/mol. The second-order valence-corrected chi connectivity index (χ2v) is 10.6. The van der Waals surface area contributed by atoms with Gasteiger partial charge in [0.25, 0.3) is 5.91 Å². The number of amides is 3. The van der Waals surface area contributed by atoms with Crippen LogP contribution in [0.1, 0.15) is 30.9 Å². The van der Waals surface area contributed by atoms with Gasteiger partial charge < -0.3 is 10.6 Å². The molecule has 0 fully saturated rings. The van der Waals surface area contributed by atoms with E-state index in [0.717, 1.165) is 5.56 Å². The Kier molecular flexibility index (Phi) is 8.09. The molecule has 5 rings (SSSR count). The molecular formula is C29H26ClN5O3S. The van der Waals surface area contributed by atoms with E-state index in [0.29, 0.717) is 45.9 Å². The highest BCUT2D eigenvalue weighted by molar-refractivity contribution is 8.15. The molecule has 2 atom stereocenters. The highest BCUT2D eigenvalue weighted by Crippen LogP contribution is 2.36. The second-order valence-electron chi connectivity index (χ2n) is 9.03. The van der Waals surface area contributed by atoms with E-state index in [1.54, 1.807) is 24.3 Å². The van der Waals surface area contributed by atoms with Crippen LogP contribution >= 0.6 is 23.4 Å². The van der Waals surface area contributed by atoms with Crippen molar-refractivity contribution in [2.24, 2.45) is 9.98 Å². The minimum Gasteiger partial charge on any atom is -0.352 e. The molecule has 2 heterocycles. The molecule has 3 aromatic carbocycles. The van der Waals surface area contributed by atoms with E-state index in [1.165, 1.54) is 16.7 Å². The molecule has 2 N–H and O–H groups in total. The van der Waals surface area contributed by atoms with Crippen LogP contribution in [0.4, 0.5) is 11.4 Å². The van der Waals surface area contributed by atoms with E-state index in [-0.39, 0.29) is 24.1 Å². The van der Waals surface area contributed by atoms with Crippen LogP contribution in [0, 0.1) is 0 Å². The Hall–Kier alpha value is -3.95. The summed E-state index contributed by atoms with van der Waals surface area (Å²) < 4.78 is 0. The van der Waals surface area contributed by atoms with Crippen LogP contribution in [-0.2, 0) is 20.9 Å². The van der Waals surface area contributed by atoms with Crippen molar-refractivity contribution < 1.29 is 14.4 Å². The van der Waals surface area contributed by atoms with Gasteiger partial charge in [0.15, 0.2) is 5.17 Å². The van der Waals surface area contributed by atoms with Crippen molar-refractivity contribution >= 4 is 63.5 Å². The fraction of sp³-hybridized carbons (Fsp3) is 0.207. The number of carbonyl (C=O) groups excluding carboxylic acids is 3. The first-order valence-corrected chi connectivity index (χ1v) is 13.8. The van der Waals surface area contributed by atoms with Gasteiger partial charge in [0.2, 0.25) is 11.8 Å². The van der Waals surface area contributed by atoms with E-state index < -0.39 is 11.3 Å². The van der Waals surface area contributed by atoms with Crippen molar-refractivity contribution in [1.82, 2.24) is 10.2 Å². The Bertz CT molecular complexity index is 1460. The molecule has 0 bridgehead atoms. The third kappa shape index (κ3) is 6.05. The molecule has 3 aromatic rings. The number of nitrogens with zero attached hydrogens (tertiary/aromatic N) is 3. The van der Waals surface area contributed by atoms with Crippen molar-refractivity contribution in [2.45, 2.75) is 37.6 Å². The lowest BCUT2D eigenvalue weighted by molar-refractivity contribution is -0.128. The van der Waals surface area contributed by atoms with Crippen molar-refractivity contribution in [2.75, 3.05) is 5.32 Å². The maximum Gasteiger partial charge on any atom is 0.259 e. The minimum atomic E-state index is -0.879. The Labute approximate surface area is 235 Å². The maximum absolute atomic E-state index is 13.6. The second kappa shape index (κ2) is 11.8. The van der Waals surface area contributed by atoms with Crippen LogP contribution in [0.5, 0.6) is 0 Å². The molecule has 39 heavy (non-hydrogen) atoms. The first-order valence-electron chi connectivity index (χ1n) is 12.6. The van der Waals surface area contributed by atoms with E-state index in [9.17, 15) is 14.4 Å². The molecule has 0 aliphatic carbocycles. The summed E-state index contributed by atoms with van der Waals surface area (Å²) in [5.74, 6) is -0.376. The smallest absolute Gasteiger partial charge is 0.259 e. The molecule has 0 radical (unpaired) electrons. The van der Waals surface area contributed by atoms with E-state index in [1.807, 2.05) is 61.5 Å². The van der Waals surface area contributed by atoms with Gasteiger partial charge in [-0.1, -0.05) is 72.8 Å². The number of hydrogen-bond acceptors (Lipinski definition) is 6. The summed E-state index contributed by atoms with van der Waals surface area (Å²) in [5.41, 5.74) is 2.96. The molecule has 3 amide bonds. The number of halogens is 1. The van der Waals surface area contributed by atoms with Gasteiger partial charge in [-0.15, -0.1) is 0 Å². The first-order chi connectivity index (χ1) is 18.9. The van der Waals surface area contributed by atoms with E-state index in [4.69, 9.17) is 16.6 Å². The molecular weight excluding hydrogens is 534 g/mol. The van der Waals surface area contributed by atoms with Gasteiger partial charge in [-0.25, -0.2) is 9.89 Å². The van der Waals surface area contributed by atoms with Crippen LogP contribution in [0.15, 0.2) is 88.8 Å². The van der Waals surface area contributed by atoms with Gasteiger partial charge in [-0.3, -0.25) is 19.4 Å². The van der Waals surface area contributed by atoms with Gasteiger partial charge in [-0.2, -0.15) is 0 Å². The molecule has 2 aliphatic rings. The summed E-state index contributed by atoms with van der Waals surface area (Å²) in [4.78, 5) is 50.2. The Morgan fingerprint density at radius 3 is 2.49 bits per heavy atom. The number of carbonyl (C=O) groups is 3. The number of benzene rings is 3. The SMILES string of the molecule is CC[C@@H](SC1=Nc2ccccc2C2=N[C@@H](CC(=O)NCc3ccccc3)C(=O)N12)C(=O)Nc1ccc(Cl)cc1. The topological polar surface area (TPSA) is 103 Å². The van der Waals surface area contributed by atoms with Crippen LogP contribution < -0.4 is 10.6 Å². The van der Waals surface area contributed by atoms with Gasteiger partial charge in [0.05, 0.1) is 17.4 Å². The Morgan fingerprint density at radius 2 is 1.74 bits per heavy atom. The van der Waals surface area contributed by atoms with Crippen molar-refractivity contribution in [1.29, 1.82) is 0 Å². The number of para-hydroxylation sites is 1. The van der Waals surface area contributed by atoms with Gasteiger partial charge in [-0.05, 0) is 48.4 Å². The number of hydrogen-bond donors (Lipinski definition) is 2. The van der Waals surface area contributed by atoms with Gasteiger partial charge in [0.1, 0.15) is 11.9 Å². The Morgan fingerprint density at radius 1 is 1.03 bits per heavy atom. The number of rotatable bonds is 8. The molecule has 8 nitrogen and oxygen atoms in total. The van der Waals surface area contributed by atoms with Crippen LogP contribution in [0.25, 0.3) is 0 Å². The summed E-state index contributed by atoms with van der Waals surface area (Å²) in [7, 11) is 0. The molecule has 0 spiro atoms. The van der Waals surface area contributed by atoms with Crippen LogP contribution in [0.2, 0.25) is 5.02 Å². The first kappa shape index (κ1) is 26.6. The lowest BCUT2D eigenvalue weighted by atomic mass is 10.1. The fourth-order valence-electron chi connectivity index (χ4n) is 4.26. The summed E-state index contributed by atoms with van der Waals surface area (Å²) in [6.07, 6.45) is 0.421. The molecule has 0 aromatic heterocycles. The normalized spacial score (nSPS) is 16.5. The average Bonchev–Trinajstić information content (AvgIpc) is 3.28. The molecule has 0 saturated carbocycles. The summed E-state index contributed by atoms with van der Waals surface area (Å²) in [6.45, 7) is 2.27. The predicted molar refractivity (Wildman–Crippen MR) is 155 cm³/mol. The van der Waals surface area contributed by atoms with E-state index >= 15 is 0 Å². The lowest BCUT2D eigenvalue weighted by Crippen LogP contribution is -2.43. The number of aliphatic imine (C=N–C) groups is 2. The number of nitrogens with one attached hydrogen (secondary N) is 2. The summed E-state index contributed by atoms with van der Waals surface area (Å²) in [5, 5.41) is 6.19. The van der Waals surface area contributed by atoms with Crippen molar-refractivity contribution in [3.05, 3.63) is 95.0 Å². The highest BCUT2D eigenvalue weighted by atomic mass is 35.5. The molecule has 10 heteroatoms. The predicted octanol–water partition coefficient (Wildman–Crippen LogP) is 5.16. The largest absolute Gasteiger partial charge is 0.352 e. The van der Waals surface area contributed by atoms with Gasteiger partial charge >= 0.3 is 0 Å². The third-order valence-corrected chi connectivity index (χ3v) is 7.85. The van der Waals surface area contributed by atoms with E-state index in [2.05, 4.69) is 15.6 Å².